The van der Waals surface area contributed by atoms with E-state index in [1.807, 2.05) is 31.2 Å². The van der Waals surface area contributed by atoms with Crippen LogP contribution in [0.1, 0.15) is 32.8 Å². The van der Waals surface area contributed by atoms with Crippen LogP contribution in [0.5, 0.6) is 0 Å². The fourth-order valence-electron chi connectivity index (χ4n) is 1.90. The smallest absolute Gasteiger partial charge is 0.238 e. The van der Waals surface area contributed by atoms with Crippen LogP contribution in [0, 0.1) is 12.8 Å². The van der Waals surface area contributed by atoms with Gasteiger partial charge in [0.2, 0.25) is 5.91 Å². The molecule has 0 saturated carbocycles. The molecule has 0 saturated heterocycles. The Balaban J connectivity index is 2.31. The molecule has 0 aliphatic carbocycles. The highest BCUT2D eigenvalue weighted by Gasteiger charge is 2.07. The van der Waals surface area contributed by atoms with Crippen molar-refractivity contribution in [3.63, 3.8) is 0 Å². The quantitative estimate of drug-likeness (QED) is 0.812. The van der Waals surface area contributed by atoms with E-state index in [0.29, 0.717) is 18.5 Å². The lowest BCUT2D eigenvalue weighted by Crippen LogP contribution is -2.35. The third-order valence-electron chi connectivity index (χ3n) is 2.77. The molecular weight excluding hydrogens is 224 g/mol. The minimum Gasteiger partial charge on any atom is -0.325 e. The van der Waals surface area contributed by atoms with Gasteiger partial charge in [0.1, 0.15) is 0 Å². The molecule has 1 amide bonds. The van der Waals surface area contributed by atoms with E-state index in [2.05, 4.69) is 31.4 Å². The summed E-state index contributed by atoms with van der Waals surface area (Å²) < 4.78 is 0. The number of aryl methyl sites for hydroxylation is 1. The van der Waals surface area contributed by atoms with Gasteiger partial charge in [0, 0.05) is 11.7 Å². The molecule has 0 aliphatic heterocycles. The summed E-state index contributed by atoms with van der Waals surface area (Å²) in [6, 6.07) is 8.19. The largest absolute Gasteiger partial charge is 0.325 e. The van der Waals surface area contributed by atoms with E-state index in [9.17, 15) is 4.79 Å². The van der Waals surface area contributed by atoms with E-state index in [1.165, 1.54) is 5.56 Å². The summed E-state index contributed by atoms with van der Waals surface area (Å²) in [6.45, 7) is 8.87. The summed E-state index contributed by atoms with van der Waals surface area (Å²) in [5.74, 6) is 0.655. The number of anilines is 1. The van der Waals surface area contributed by atoms with Gasteiger partial charge in [0.05, 0.1) is 6.54 Å². The summed E-state index contributed by atoms with van der Waals surface area (Å²) >= 11 is 0. The van der Waals surface area contributed by atoms with Gasteiger partial charge in [-0.15, -0.1) is 0 Å². The summed E-state index contributed by atoms with van der Waals surface area (Å²) in [5, 5.41) is 6.11. The van der Waals surface area contributed by atoms with Crippen molar-refractivity contribution in [1.29, 1.82) is 0 Å². The lowest BCUT2D eigenvalue weighted by molar-refractivity contribution is -0.115. The van der Waals surface area contributed by atoms with Crippen molar-refractivity contribution in [1.82, 2.24) is 5.32 Å². The number of rotatable bonds is 6. The molecule has 0 radical (unpaired) electrons. The second-order valence-corrected chi connectivity index (χ2v) is 5.33. The van der Waals surface area contributed by atoms with Crippen LogP contribution in [-0.2, 0) is 4.79 Å². The molecule has 1 aromatic carbocycles. The van der Waals surface area contributed by atoms with Gasteiger partial charge in [-0.3, -0.25) is 4.79 Å². The fraction of sp³-hybridized carbons (Fsp3) is 0.533. The van der Waals surface area contributed by atoms with Crippen LogP contribution in [0.25, 0.3) is 0 Å². The summed E-state index contributed by atoms with van der Waals surface area (Å²) in [5.41, 5.74) is 2.04. The number of nitrogens with one attached hydrogen (secondary N) is 2. The van der Waals surface area contributed by atoms with Crippen molar-refractivity contribution in [3.05, 3.63) is 29.8 Å². The SMILES string of the molecule is Cc1ccc(NC(=O)CNC(C)CC(C)C)cc1. The highest BCUT2D eigenvalue weighted by atomic mass is 16.1. The molecule has 2 N–H and O–H groups in total. The van der Waals surface area contributed by atoms with Gasteiger partial charge >= 0.3 is 0 Å². The predicted molar refractivity (Wildman–Crippen MR) is 76.7 cm³/mol. The first kappa shape index (κ1) is 14.7. The minimum atomic E-state index is 0.00876. The number of carbonyl (C=O) groups excluding carboxylic acids is 1. The average Bonchev–Trinajstić information content (AvgIpc) is 2.29. The zero-order chi connectivity index (χ0) is 13.5. The van der Waals surface area contributed by atoms with Crippen LogP contribution < -0.4 is 10.6 Å². The fourth-order valence-corrected chi connectivity index (χ4v) is 1.90. The molecule has 0 bridgehead atoms. The lowest BCUT2D eigenvalue weighted by atomic mass is 10.1. The van der Waals surface area contributed by atoms with Gasteiger partial charge in [-0.2, -0.15) is 0 Å². The molecule has 0 heterocycles. The van der Waals surface area contributed by atoms with Gasteiger partial charge in [-0.25, -0.2) is 0 Å². The number of benzene rings is 1. The molecule has 0 aliphatic rings. The van der Waals surface area contributed by atoms with Gasteiger partial charge in [-0.1, -0.05) is 31.5 Å². The molecule has 1 rings (SSSR count). The molecular formula is C15H24N2O. The third-order valence-corrected chi connectivity index (χ3v) is 2.77. The molecule has 3 nitrogen and oxygen atoms in total. The molecule has 3 heteroatoms. The normalized spacial score (nSPS) is 12.5. The number of carbonyl (C=O) groups is 1. The molecule has 1 unspecified atom stereocenters. The van der Waals surface area contributed by atoms with Gasteiger partial charge in [0.25, 0.3) is 0 Å². The Hall–Kier alpha value is -1.35. The van der Waals surface area contributed by atoms with Crippen LogP contribution in [-0.4, -0.2) is 18.5 Å². The second kappa shape index (κ2) is 7.17. The van der Waals surface area contributed by atoms with Crippen molar-refractivity contribution in [3.8, 4) is 0 Å². The Labute approximate surface area is 110 Å². The van der Waals surface area contributed by atoms with E-state index in [4.69, 9.17) is 0 Å². The highest BCUT2D eigenvalue weighted by Crippen LogP contribution is 2.08. The highest BCUT2D eigenvalue weighted by molar-refractivity contribution is 5.92. The van der Waals surface area contributed by atoms with Crippen molar-refractivity contribution >= 4 is 11.6 Å². The molecule has 1 aromatic rings. The lowest BCUT2D eigenvalue weighted by Gasteiger charge is -2.15. The van der Waals surface area contributed by atoms with E-state index in [0.717, 1.165) is 12.1 Å². The van der Waals surface area contributed by atoms with Crippen LogP contribution in [0.2, 0.25) is 0 Å². The molecule has 18 heavy (non-hydrogen) atoms. The van der Waals surface area contributed by atoms with Gasteiger partial charge < -0.3 is 10.6 Å². The Morgan fingerprint density at radius 2 is 1.78 bits per heavy atom. The molecule has 100 valence electrons. The topological polar surface area (TPSA) is 41.1 Å². The first-order valence-electron chi connectivity index (χ1n) is 6.57. The first-order valence-corrected chi connectivity index (χ1v) is 6.57. The van der Waals surface area contributed by atoms with Crippen LogP contribution in [0.4, 0.5) is 5.69 Å². The van der Waals surface area contributed by atoms with E-state index in [1.54, 1.807) is 0 Å². The predicted octanol–water partition coefficient (Wildman–Crippen LogP) is 2.96. The summed E-state index contributed by atoms with van der Waals surface area (Å²) in [7, 11) is 0. The molecule has 0 fully saturated rings. The van der Waals surface area contributed by atoms with Crippen molar-refractivity contribution < 1.29 is 4.79 Å². The van der Waals surface area contributed by atoms with Crippen molar-refractivity contribution in [2.45, 2.75) is 40.2 Å². The summed E-state index contributed by atoms with van der Waals surface area (Å²) in [6.07, 6.45) is 1.08. The van der Waals surface area contributed by atoms with E-state index < -0.39 is 0 Å². The Bertz CT molecular complexity index is 371. The van der Waals surface area contributed by atoms with Crippen LogP contribution in [0.15, 0.2) is 24.3 Å². The zero-order valence-electron chi connectivity index (χ0n) is 11.8. The monoisotopic (exact) mass is 248 g/mol. The maximum Gasteiger partial charge on any atom is 0.238 e. The Morgan fingerprint density at radius 1 is 1.17 bits per heavy atom. The standard InChI is InChI=1S/C15H24N2O/c1-11(2)9-13(4)16-10-15(18)17-14-7-5-12(3)6-8-14/h5-8,11,13,16H,9-10H2,1-4H3,(H,17,18). The maximum atomic E-state index is 11.7. The van der Waals surface area contributed by atoms with Crippen molar-refractivity contribution in [2.24, 2.45) is 5.92 Å². The summed E-state index contributed by atoms with van der Waals surface area (Å²) in [4.78, 5) is 11.7. The molecule has 1 atom stereocenters. The molecule has 0 spiro atoms. The van der Waals surface area contributed by atoms with E-state index in [-0.39, 0.29) is 5.91 Å². The number of amides is 1. The van der Waals surface area contributed by atoms with Gasteiger partial charge in [0.15, 0.2) is 0 Å². The average molecular weight is 248 g/mol. The minimum absolute atomic E-state index is 0.00876. The maximum absolute atomic E-state index is 11.7. The third kappa shape index (κ3) is 5.82. The Kier molecular flexibility index (Phi) is 5.86. The number of hydrogen-bond donors (Lipinski definition) is 2. The van der Waals surface area contributed by atoms with Gasteiger partial charge in [-0.05, 0) is 38.3 Å². The van der Waals surface area contributed by atoms with E-state index >= 15 is 0 Å². The van der Waals surface area contributed by atoms with Crippen molar-refractivity contribution in [2.75, 3.05) is 11.9 Å². The number of hydrogen-bond acceptors (Lipinski definition) is 2. The Morgan fingerprint density at radius 3 is 2.33 bits per heavy atom. The zero-order valence-corrected chi connectivity index (χ0v) is 11.8. The molecule has 0 aromatic heterocycles. The second-order valence-electron chi connectivity index (χ2n) is 5.33. The van der Waals surface area contributed by atoms with Crippen LogP contribution in [0.3, 0.4) is 0 Å². The first-order chi connectivity index (χ1) is 8.47. The van der Waals surface area contributed by atoms with Crippen LogP contribution >= 0.6 is 0 Å².